The molecule has 3 rings (SSSR count). The predicted molar refractivity (Wildman–Crippen MR) is 96.2 cm³/mol. The van der Waals surface area contributed by atoms with Gasteiger partial charge >= 0.3 is 0 Å². The van der Waals surface area contributed by atoms with Crippen LogP contribution in [0.25, 0.3) is 5.69 Å². The normalized spacial score (nSPS) is 11.2. The van der Waals surface area contributed by atoms with Crippen molar-refractivity contribution in [2.45, 2.75) is 13.8 Å². The number of rotatable bonds is 6. The summed E-state index contributed by atoms with van der Waals surface area (Å²) >= 11 is 0. The van der Waals surface area contributed by atoms with E-state index in [2.05, 4.69) is 26.1 Å². The number of nitrogens with zero attached hydrogens (tertiary/aromatic N) is 5. The van der Waals surface area contributed by atoms with Crippen LogP contribution < -0.4 is 10.2 Å². The topological polar surface area (TPSA) is 94.3 Å². The van der Waals surface area contributed by atoms with Crippen LogP contribution in [0.5, 0.6) is 5.75 Å². The molecule has 0 unspecified atom stereocenters. The van der Waals surface area contributed by atoms with E-state index in [0.717, 1.165) is 16.8 Å². The molecule has 1 heterocycles. The Bertz CT molecular complexity index is 921. The zero-order valence-electron chi connectivity index (χ0n) is 14.5. The third-order valence-electron chi connectivity index (χ3n) is 3.59. The number of carbonyl (C=O) groups is 1. The van der Waals surface area contributed by atoms with Crippen LogP contribution in [0.4, 0.5) is 0 Å². The summed E-state index contributed by atoms with van der Waals surface area (Å²) in [5, 5.41) is 15.2. The van der Waals surface area contributed by atoms with Crippen molar-refractivity contribution >= 4 is 11.6 Å². The van der Waals surface area contributed by atoms with Gasteiger partial charge in [-0.1, -0.05) is 24.3 Å². The quantitative estimate of drug-likeness (QED) is 0.541. The summed E-state index contributed by atoms with van der Waals surface area (Å²) in [5.74, 6) is 0.317. The number of hydrogen-bond acceptors (Lipinski definition) is 6. The average Bonchev–Trinajstić information content (AvgIpc) is 3.19. The Kier molecular flexibility index (Phi) is 5.33. The molecule has 0 atom stereocenters. The SMILES string of the molecule is C/C(=N\NC(=O)COc1cccc(C)c1)c1cccc(-n2cnnn2)c1. The first-order valence-corrected chi connectivity index (χ1v) is 7.98. The molecule has 3 aromatic rings. The van der Waals surface area contributed by atoms with Crippen LogP contribution in [-0.4, -0.2) is 38.4 Å². The van der Waals surface area contributed by atoms with E-state index in [1.54, 1.807) is 17.7 Å². The molecule has 1 amide bonds. The molecule has 0 fully saturated rings. The second-order valence-corrected chi connectivity index (χ2v) is 5.64. The molecule has 0 saturated carbocycles. The molecule has 0 aliphatic carbocycles. The van der Waals surface area contributed by atoms with Crippen molar-refractivity contribution in [3.05, 3.63) is 66.0 Å². The smallest absolute Gasteiger partial charge is 0.277 e. The second-order valence-electron chi connectivity index (χ2n) is 5.64. The first-order valence-electron chi connectivity index (χ1n) is 7.98. The van der Waals surface area contributed by atoms with E-state index in [1.165, 1.54) is 6.33 Å². The third kappa shape index (κ3) is 4.50. The number of tetrazole rings is 1. The number of hydrazone groups is 1. The Morgan fingerprint density at radius 1 is 1.23 bits per heavy atom. The van der Waals surface area contributed by atoms with Gasteiger partial charge in [-0.25, -0.2) is 10.1 Å². The Morgan fingerprint density at radius 2 is 2.08 bits per heavy atom. The van der Waals surface area contributed by atoms with Gasteiger partial charge in [0.1, 0.15) is 12.1 Å². The number of carbonyl (C=O) groups excluding carboxylic acids is 1. The minimum atomic E-state index is -0.331. The molecule has 1 aromatic heterocycles. The van der Waals surface area contributed by atoms with Crippen LogP contribution in [0.2, 0.25) is 0 Å². The Morgan fingerprint density at radius 3 is 2.85 bits per heavy atom. The summed E-state index contributed by atoms with van der Waals surface area (Å²) in [7, 11) is 0. The van der Waals surface area contributed by atoms with Crippen LogP contribution in [0, 0.1) is 6.92 Å². The molecule has 0 aliphatic heterocycles. The van der Waals surface area contributed by atoms with E-state index < -0.39 is 0 Å². The fourth-order valence-electron chi connectivity index (χ4n) is 2.25. The fourth-order valence-corrected chi connectivity index (χ4v) is 2.25. The van der Waals surface area contributed by atoms with Crippen molar-refractivity contribution in [3.63, 3.8) is 0 Å². The molecule has 26 heavy (non-hydrogen) atoms. The van der Waals surface area contributed by atoms with Crippen molar-refractivity contribution in [3.8, 4) is 11.4 Å². The Balaban J connectivity index is 1.59. The van der Waals surface area contributed by atoms with E-state index in [4.69, 9.17) is 4.74 Å². The van der Waals surface area contributed by atoms with Crippen LogP contribution in [0.15, 0.2) is 60.0 Å². The van der Waals surface area contributed by atoms with Gasteiger partial charge in [-0.15, -0.1) is 5.10 Å². The summed E-state index contributed by atoms with van der Waals surface area (Å²) in [4.78, 5) is 11.9. The average molecular weight is 350 g/mol. The van der Waals surface area contributed by atoms with Crippen molar-refractivity contribution in [1.82, 2.24) is 25.6 Å². The van der Waals surface area contributed by atoms with Gasteiger partial charge in [-0.05, 0) is 59.7 Å². The van der Waals surface area contributed by atoms with Crippen LogP contribution in [-0.2, 0) is 4.79 Å². The van der Waals surface area contributed by atoms with Crippen molar-refractivity contribution in [1.29, 1.82) is 0 Å². The van der Waals surface area contributed by atoms with Gasteiger partial charge in [0.2, 0.25) is 0 Å². The third-order valence-corrected chi connectivity index (χ3v) is 3.59. The molecule has 0 aliphatic rings. The highest BCUT2D eigenvalue weighted by atomic mass is 16.5. The number of nitrogens with one attached hydrogen (secondary N) is 1. The lowest BCUT2D eigenvalue weighted by atomic mass is 10.1. The number of hydrogen-bond donors (Lipinski definition) is 1. The van der Waals surface area contributed by atoms with Crippen molar-refractivity contribution in [2.75, 3.05) is 6.61 Å². The number of amides is 1. The molecule has 0 radical (unpaired) electrons. The lowest BCUT2D eigenvalue weighted by molar-refractivity contribution is -0.123. The van der Waals surface area contributed by atoms with E-state index in [-0.39, 0.29) is 12.5 Å². The van der Waals surface area contributed by atoms with Gasteiger partial charge in [-0.3, -0.25) is 4.79 Å². The summed E-state index contributed by atoms with van der Waals surface area (Å²) in [5.41, 5.74) is 5.87. The fraction of sp³-hybridized carbons (Fsp3) is 0.167. The monoisotopic (exact) mass is 350 g/mol. The summed E-state index contributed by atoms with van der Waals surface area (Å²) in [6.45, 7) is 3.66. The van der Waals surface area contributed by atoms with Gasteiger partial charge in [-0.2, -0.15) is 5.10 Å². The highest BCUT2D eigenvalue weighted by molar-refractivity contribution is 5.99. The van der Waals surface area contributed by atoms with Gasteiger partial charge in [0.05, 0.1) is 11.4 Å². The van der Waals surface area contributed by atoms with Crippen molar-refractivity contribution < 1.29 is 9.53 Å². The predicted octanol–water partition coefficient (Wildman–Crippen LogP) is 1.89. The van der Waals surface area contributed by atoms with Crippen LogP contribution >= 0.6 is 0 Å². The largest absolute Gasteiger partial charge is 0.484 e. The lowest BCUT2D eigenvalue weighted by Crippen LogP contribution is -2.25. The second kappa shape index (κ2) is 8.02. The number of ether oxygens (including phenoxy) is 1. The maximum Gasteiger partial charge on any atom is 0.277 e. The van der Waals surface area contributed by atoms with Gasteiger partial charge in [0.25, 0.3) is 5.91 Å². The van der Waals surface area contributed by atoms with E-state index >= 15 is 0 Å². The first-order chi connectivity index (χ1) is 12.6. The highest BCUT2D eigenvalue weighted by Crippen LogP contribution is 2.12. The minimum absolute atomic E-state index is 0.106. The maximum atomic E-state index is 11.9. The standard InChI is InChI=1S/C18H18N6O2/c1-13-5-3-8-17(9-13)26-11-18(25)21-20-14(2)15-6-4-7-16(10-15)24-12-19-22-23-24/h3-10,12H,11H2,1-2H3,(H,21,25)/b20-14+. The maximum absolute atomic E-state index is 11.9. The van der Waals surface area contributed by atoms with Gasteiger partial charge < -0.3 is 4.74 Å². The molecule has 1 N–H and O–H groups in total. The molecular formula is C18H18N6O2. The van der Waals surface area contributed by atoms with E-state index in [0.29, 0.717) is 11.5 Å². The van der Waals surface area contributed by atoms with Gasteiger partial charge in [0, 0.05) is 0 Å². The minimum Gasteiger partial charge on any atom is -0.484 e. The molecule has 8 nitrogen and oxygen atoms in total. The van der Waals surface area contributed by atoms with E-state index in [9.17, 15) is 4.79 Å². The highest BCUT2D eigenvalue weighted by Gasteiger charge is 2.05. The molecule has 132 valence electrons. The molecule has 8 heteroatoms. The molecule has 0 bridgehead atoms. The Hall–Kier alpha value is -3.55. The van der Waals surface area contributed by atoms with E-state index in [1.807, 2.05) is 49.4 Å². The summed E-state index contributed by atoms with van der Waals surface area (Å²) in [6.07, 6.45) is 1.51. The molecular weight excluding hydrogens is 332 g/mol. The lowest BCUT2D eigenvalue weighted by Gasteiger charge is -2.07. The molecule has 0 saturated heterocycles. The summed E-state index contributed by atoms with van der Waals surface area (Å²) < 4.78 is 6.99. The van der Waals surface area contributed by atoms with Crippen LogP contribution in [0.3, 0.4) is 0 Å². The number of benzene rings is 2. The van der Waals surface area contributed by atoms with Gasteiger partial charge in [0.15, 0.2) is 6.61 Å². The first kappa shape index (κ1) is 17.3. The Labute approximate surface area is 150 Å². The van der Waals surface area contributed by atoms with Crippen molar-refractivity contribution in [2.24, 2.45) is 5.10 Å². The molecule has 0 spiro atoms. The number of aromatic nitrogens is 4. The zero-order chi connectivity index (χ0) is 18.4. The molecule has 2 aromatic carbocycles. The van der Waals surface area contributed by atoms with Crippen LogP contribution in [0.1, 0.15) is 18.1 Å². The zero-order valence-corrected chi connectivity index (χ0v) is 14.5. The number of aryl methyl sites for hydroxylation is 1. The summed E-state index contributed by atoms with van der Waals surface area (Å²) in [6, 6.07) is 15.0.